The van der Waals surface area contributed by atoms with Crippen LogP contribution in [0.25, 0.3) is 0 Å². The average Bonchev–Trinajstić information content (AvgIpc) is 3.21. The van der Waals surface area contributed by atoms with Crippen LogP contribution >= 0.6 is 0 Å². The van der Waals surface area contributed by atoms with Crippen molar-refractivity contribution >= 4 is 6.03 Å². The number of hydrogen-bond acceptors (Lipinski definition) is 3. The third-order valence-corrected chi connectivity index (χ3v) is 5.27. The van der Waals surface area contributed by atoms with Gasteiger partial charge in [-0.05, 0) is 37.8 Å². The number of fused-ring (bicyclic) bond motifs is 1. The van der Waals surface area contributed by atoms with Crippen molar-refractivity contribution in [3.8, 4) is 11.5 Å². The molecule has 2 aliphatic rings. The molecular formula is C22H26N2O3. The minimum absolute atomic E-state index is 0.0278. The summed E-state index contributed by atoms with van der Waals surface area (Å²) < 4.78 is 11.8. The Morgan fingerprint density at radius 1 is 1.04 bits per heavy atom. The molecule has 1 aliphatic carbocycles. The molecule has 5 heteroatoms. The summed E-state index contributed by atoms with van der Waals surface area (Å²) in [4.78, 5) is 12.4. The predicted octanol–water partition coefficient (Wildman–Crippen LogP) is 4.33. The second kappa shape index (κ2) is 8.33. The fraction of sp³-hybridized carbons (Fsp3) is 0.409. The van der Waals surface area contributed by atoms with E-state index in [0.717, 1.165) is 41.9 Å². The molecule has 0 spiro atoms. The highest BCUT2D eigenvalue weighted by molar-refractivity contribution is 5.74. The number of nitrogens with one attached hydrogen (secondary N) is 2. The number of rotatable bonds is 5. The summed E-state index contributed by atoms with van der Waals surface area (Å²) in [6, 6.07) is 15.6. The van der Waals surface area contributed by atoms with Crippen molar-refractivity contribution in [1.29, 1.82) is 0 Å². The van der Waals surface area contributed by atoms with Gasteiger partial charge in [-0.2, -0.15) is 0 Å². The van der Waals surface area contributed by atoms with Crippen LogP contribution < -0.4 is 20.1 Å². The molecule has 2 aromatic carbocycles. The smallest absolute Gasteiger partial charge is 0.315 e. The van der Waals surface area contributed by atoms with Crippen LogP contribution in [0.5, 0.6) is 11.5 Å². The minimum Gasteiger partial charge on any atom is -0.493 e. The summed E-state index contributed by atoms with van der Waals surface area (Å²) >= 11 is 0. The van der Waals surface area contributed by atoms with E-state index in [2.05, 4.69) is 10.6 Å². The third-order valence-electron chi connectivity index (χ3n) is 5.27. The normalized spacial score (nSPS) is 19.0. The third kappa shape index (κ3) is 4.35. The molecule has 4 rings (SSSR count). The largest absolute Gasteiger partial charge is 0.493 e. The monoisotopic (exact) mass is 366 g/mol. The maximum absolute atomic E-state index is 12.4. The van der Waals surface area contributed by atoms with Crippen LogP contribution in [0.15, 0.2) is 48.5 Å². The first-order valence-corrected chi connectivity index (χ1v) is 9.80. The predicted molar refractivity (Wildman–Crippen MR) is 104 cm³/mol. The molecule has 1 saturated carbocycles. The summed E-state index contributed by atoms with van der Waals surface area (Å²) in [5.74, 6) is 1.73. The number of para-hydroxylation sites is 2. The molecule has 5 nitrogen and oxygen atoms in total. The van der Waals surface area contributed by atoms with Gasteiger partial charge in [0.2, 0.25) is 0 Å². The van der Waals surface area contributed by atoms with Crippen LogP contribution in [0.3, 0.4) is 0 Å². The van der Waals surface area contributed by atoms with E-state index in [-0.39, 0.29) is 12.1 Å². The van der Waals surface area contributed by atoms with Gasteiger partial charge in [-0.1, -0.05) is 36.4 Å². The molecule has 1 fully saturated rings. The van der Waals surface area contributed by atoms with Crippen LogP contribution in [0, 0.1) is 0 Å². The van der Waals surface area contributed by atoms with Crippen LogP contribution in [0.1, 0.15) is 49.3 Å². The van der Waals surface area contributed by atoms with Gasteiger partial charge in [-0.25, -0.2) is 4.79 Å². The molecule has 0 aromatic heterocycles. The number of benzene rings is 2. The van der Waals surface area contributed by atoms with Crippen molar-refractivity contribution in [1.82, 2.24) is 10.6 Å². The maximum atomic E-state index is 12.4. The van der Waals surface area contributed by atoms with E-state index in [4.69, 9.17) is 9.47 Å². The zero-order valence-corrected chi connectivity index (χ0v) is 15.4. The van der Waals surface area contributed by atoms with E-state index in [0.29, 0.717) is 19.3 Å². The lowest BCUT2D eigenvalue weighted by Gasteiger charge is -2.26. The number of amides is 2. The van der Waals surface area contributed by atoms with Gasteiger partial charge < -0.3 is 20.1 Å². The lowest BCUT2D eigenvalue weighted by atomic mass is 10.0. The summed E-state index contributed by atoms with van der Waals surface area (Å²) in [5, 5.41) is 6.04. The Balaban J connectivity index is 1.35. The van der Waals surface area contributed by atoms with Crippen LogP contribution in [0.2, 0.25) is 0 Å². The molecule has 2 aromatic rings. The van der Waals surface area contributed by atoms with E-state index in [1.54, 1.807) is 0 Å². The van der Waals surface area contributed by atoms with Crippen molar-refractivity contribution in [2.24, 2.45) is 0 Å². The molecule has 1 heterocycles. The average molecular weight is 366 g/mol. The number of carbonyl (C=O) groups excluding carboxylic acids is 1. The minimum atomic E-state index is -0.174. The molecule has 1 atom stereocenters. The Hall–Kier alpha value is -2.69. The molecule has 27 heavy (non-hydrogen) atoms. The zero-order valence-electron chi connectivity index (χ0n) is 15.4. The molecular weight excluding hydrogens is 340 g/mol. The van der Waals surface area contributed by atoms with Crippen molar-refractivity contribution in [2.75, 3.05) is 6.61 Å². The van der Waals surface area contributed by atoms with Gasteiger partial charge in [0.25, 0.3) is 0 Å². The first kappa shape index (κ1) is 17.7. The van der Waals surface area contributed by atoms with Crippen molar-refractivity contribution in [3.05, 3.63) is 59.7 Å². The molecule has 0 bridgehead atoms. The van der Waals surface area contributed by atoms with E-state index >= 15 is 0 Å². The summed E-state index contributed by atoms with van der Waals surface area (Å²) in [5.41, 5.74) is 2.04. The first-order valence-electron chi connectivity index (χ1n) is 9.80. The topological polar surface area (TPSA) is 59.6 Å². The second-order valence-electron chi connectivity index (χ2n) is 7.19. The van der Waals surface area contributed by atoms with Gasteiger partial charge in [0, 0.05) is 24.1 Å². The number of carbonyl (C=O) groups is 1. The van der Waals surface area contributed by atoms with Crippen molar-refractivity contribution in [2.45, 2.75) is 50.8 Å². The van der Waals surface area contributed by atoms with Crippen LogP contribution in [-0.4, -0.2) is 18.7 Å². The highest BCUT2D eigenvalue weighted by Gasteiger charge is 2.23. The van der Waals surface area contributed by atoms with E-state index in [9.17, 15) is 4.79 Å². The maximum Gasteiger partial charge on any atom is 0.315 e. The quantitative estimate of drug-likeness (QED) is 0.828. The fourth-order valence-corrected chi connectivity index (χ4v) is 3.83. The number of urea groups is 1. The standard InChI is InChI=1S/C22H26N2O3/c25-22(24-19-13-14-26-21-12-6-4-10-18(19)21)23-15-16-7-1-5-11-20(16)27-17-8-2-3-9-17/h1,4-7,10-12,17,19H,2-3,8-9,13-15H2,(H2,23,24,25). The molecule has 0 saturated heterocycles. The van der Waals surface area contributed by atoms with Crippen molar-refractivity contribution < 1.29 is 14.3 Å². The van der Waals surface area contributed by atoms with Crippen LogP contribution in [0.4, 0.5) is 4.79 Å². The Labute approximate surface area is 160 Å². The molecule has 142 valence electrons. The van der Waals surface area contributed by atoms with Gasteiger partial charge >= 0.3 is 6.03 Å². The number of ether oxygens (including phenoxy) is 2. The van der Waals surface area contributed by atoms with E-state index < -0.39 is 0 Å². The summed E-state index contributed by atoms with van der Waals surface area (Å²) in [6.07, 6.45) is 5.78. The Morgan fingerprint density at radius 3 is 2.70 bits per heavy atom. The van der Waals surface area contributed by atoms with E-state index in [1.165, 1.54) is 12.8 Å². The Morgan fingerprint density at radius 2 is 1.81 bits per heavy atom. The Bertz CT molecular complexity index is 787. The fourth-order valence-electron chi connectivity index (χ4n) is 3.83. The number of hydrogen-bond donors (Lipinski definition) is 2. The molecule has 1 unspecified atom stereocenters. The molecule has 2 amide bonds. The summed E-state index contributed by atoms with van der Waals surface area (Å²) in [6.45, 7) is 1.06. The molecule has 0 radical (unpaired) electrons. The lowest BCUT2D eigenvalue weighted by Crippen LogP contribution is -2.39. The lowest BCUT2D eigenvalue weighted by molar-refractivity contribution is 0.207. The molecule has 2 N–H and O–H groups in total. The zero-order chi connectivity index (χ0) is 18.5. The first-order chi connectivity index (χ1) is 13.3. The summed E-state index contributed by atoms with van der Waals surface area (Å²) in [7, 11) is 0. The van der Waals surface area contributed by atoms with Crippen LogP contribution in [-0.2, 0) is 6.54 Å². The SMILES string of the molecule is O=C(NCc1ccccc1OC1CCCC1)NC1CCOc2ccccc21. The van der Waals surface area contributed by atoms with Gasteiger partial charge in [-0.15, -0.1) is 0 Å². The van der Waals surface area contributed by atoms with Gasteiger partial charge in [0.05, 0.1) is 18.8 Å². The highest BCUT2D eigenvalue weighted by atomic mass is 16.5. The Kier molecular flexibility index (Phi) is 5.47. The van der Waals surface area contributed by atoms with E-state index in [1.807, 2.05) is 48.5 Å². The van der Waals surface area contributed by atoms with Gasteiger partial charge in [0.15, 0.2) is 0 Å². The highest BCUT2D eigenvalue weighted by Crippen LogP contribution is 2.31. The van der Waals surface area contributed by atoms with Gasteiger partial charge in [-0.3, -0.25) is 0 Å². The molecule has 1 aliphatic heterocycles. The van der Waals surface area contributed by atoms with Gasteiger partial charge in [0.1, 0.15) is 11.5 Å². The second-order valence-corrected chi connectivity index (χ2v) is 7.19. The van der Waals surface area contributed by atoms with Crippen molar-refractivity contribution in [3.63, 3.8) is 0 Å².